The number of rotatable bonds is 3. The number of carbonyl (C=O) groups is 1. The maximum atomic E-state index is 12.6. The van der Waals surface area contributed by atoms with Crippen LogP contribution >= 0.6 is 15.9 Å². The van der Waals surface area contributed by atoms with E-state index in [9.17, 15) is 9.59 Å². The van der Waals surface area contributed by atoms with Gasteiger partial charge in [-0.05, 0) is 67.7 Å². The quantitative estimate of drug-likeness (QED) is 0.878. The van der Waals surface area contributed by atoms with E-state index < -0.39 is 6.04 Å². The lowest BCUT2D eigenvalue weighted by atomic mass is 10.0. The molecule has 0 fully saturated rings. The summed E-state index contributed by atoms with van der Waals surface area (Å²) >= 11 is 3.37. The van der Waals surface area contributed by atoms with E-state index in [1.165, 1.54) is 4.57 Å². The first-order valence-corrected chi connectivity index (χ1v) is 8.27. The fraction of sp³-hybridized carbons (Fsp3) is 0.333. The van der Waals surface area contributed by atoms with Gasteiger partial charge in [-0.1, -0.05) is 17.7 Å². The van der Waals surface area contributed by atoms with E-state index in [-0.39, 0.29) is 11.5 Å². The molecule has 2 aromatic rings. The van der Waals surface area contributed by atoms with Crippen molar-refractivity contribution in [1.82, 2.24) is 4.57 Å². The van der Waals surface area contributed by atoms with Gasteiger partial charge in [0, 0.05) is 21.9 Å². The second kappa shape index (κ2) is 6.71. The first kappa shape index (κ1) is 17.5. The number of nitrogens with one attached hydrogen (secondary N) is 1. The third-order valence-electron chi connectivity index (χ3n) is 3.91. The molecular weight excluding hydrogens is 356 g/mol. The van der Waals surface area contributed by atoms with Crippen LogP contribution in [-0.4, -0.2) is 10.5 Å². The van der Waals surface area contributed by atoms with Gasteiger partial charge in [0.15, 0.2) is 0 Å². The fourth-order valence-corrected chi connectivity index (χ4v) is 3.28. The van der Waals surface area contributed by atoms with Gasteiger partial charge < -0.3 is 9.88 Å². The smallest absolute Gasteiger partial charge is 0.254 e. The monoisotopic (exact) mass is 376 g/mol. The first-order chi connectivity index (χ1) is 10.7. The maximum Gasteiger partial charge on any atom is 0.254 e. The minimum absolute atomic E-state index is 0.159. The molecule has 0 aliphatic rings. The van der Waals surface area contributed by atoms with Crippen molar-refractivity contribution in [2.45, 2.75) is 40.7 Å². The molecular formula is C18H21BrN2O2. The summed E-state index contributed by atoms with van der Waals surface area (Å²) in [6, 6.07) is 5.21. The van der Waals surface area contributed by atoms with E-state index in [1.54, 1.807) is 26.1 Å². The molecule has 0 spiro atoms. The Labute approximate surface area is 144 Å². The number of nitrogens with zero attached hydrogens (tertiary/aromatic N) is 1. The minimum atomic E-state index is -0.598. The van der Waals surface area contributed by atoms with Crippen molar-refractivity contribution in [1.29, 1.82) is 0 Å². The Kier molecular flexibility index (Phi) is 5.09. The van der Waals surface area contributed by atoms with E-state index in [1.807, 2.05) is 32.9 Å². The number of hydrogen-bond acceptors (Lipinski definition) is 2. The van der Waals surface area contributed by atoms with Crippen LogP contribution < -0.4 is 10.9 Å². The number of aryl methyl sites for hydroxylation is 4. The third-order valence-corrected chi connectivity index (χ3v) is 4.34. The van der Waals surface area contributed by atoms with Crippen LogP contribution in [0.1, 0.15) is 35.2 Å². The molecule has 1 atom stereocenters. The van der Waals surface area contributed by atoms with Crippen molar-refractivity contribution in [3.05, 3.63) is 61.5 Å². The van der Waals surface area contributed by atoms with Gasteiger partial charge in [0.05, 0.1) is 0 Å². The van der Waals surface area contributed by atoms with Crippen molar-refractivity contribution in [2.24, 2.45) is 0 Å². The van der Waals surface area contributed by atoms with E-state index in [0.29, 0.717) is 5.56 Å². The van der Waals surface area contributed by atoms with Gasteiger partial charge in [-0.15, -0.1) is 0 Å². The van der Waals surface area contributed by atoms with Crippen molar-refractivity contribution < 1.29 is 4.79 Å². The summed E-state index contributed by atoms with van der Waals surface area (Å²) in [5.41, 5.74) is 4.44. The van der Waals surface area contributed by atoms with Gasteiger partial charge in [-0.3, -0.25) is 9.59 Å². The molecule has 1 aromatic heterocycles. The molecule has 1 heterocycles. The molecule has 23 heavy (non-hydrogen) atoms. The van der Waals surface area contributed by atoms with Gasteiger partial charge in [-0.25, -0.2) is 0 Å². The van der Waals surface area contributed by atoms with Crippen molar-refractivity contribution in [3.8, 4) is 0 Å². The Hall–Kier alpha value is -1.88. The Balaban J connectivity index is 2.34. The van der Waals surface area contributed by atoms with Crippen LogP contribution in [0.15, 0.2) is 33.7 Å². The zero-order chi connectivity index (χ0) is 17.3. The van der Waals surface area contributed by atoms with E-state index in [4.69, 9.17) is 0 Å². The Morgan fingerprint density at radius 1 is 1.09 bits per heavy atom. The molecule has 122 valence electrons. The summed E-state index contributed by atoms with van der Waals surface area (Å²) in [6.45, 7) is 9.42. The zero-order valence-corrected chi connectivity index (χ0v) is 15.6. The molecule has 2 rings (SSSR count). The van der Waals surface area contributed by atoms with Crippen molar-refractivity contribution >= 4 is 27.5 Å². The lowest BCUT2D eigenvalue weighted by Gasteiger charge is -2.18. The molecule has 1 unspecified atom stereocenters. The number of carbonyl (C=O) groups excluding carboxylic acids is 1. The predicted octanol–water partition coefficient (Wildman–Crippen LogP) is 4.04. The SMILES string of the molecule is Cc1cc(C)c(NC(=O)C(C)n2cc(Br)cc(C)c2=O)c(C)c1. The summed E-state index contributed by atoms with van der Waals surface area (Å²) in [5.74, 6) is -0.209. The molecule has 4 nitrogen and oxygen atoms in total. The third kappa shape index (κ3) is 3.72. The number of hydrogen-bond donors (Lipinski definition) is 1. The van der Waals surface area contributed by atoms with Gasteiger partial charge in [0.25, 0.3) is 5.56 Å². The predicted molar refractivity (Wildman–Crippen MR) is 97.1 cm³/mol. The zero-order valence-electron chi connectivity index (χ0n) is 14.0. The van der Waals surface area contributed by atoms with E-state index in [0.717, 1.165) is 26.9 Å². The highest BCUT2D eigenvalue weighted by molar-refractivity contribution is 9.10. The molecule has 0 saturated heterocycles. The first-order valence-electron chi connectivity index (χ1n) is 7.47. The highest BCUT2D eigenvalue weighted by atomic mass is 79.9. The molecule has 0 radical (unpaired) electrons. The van der Waals surface area contributed by atoms with Crippen LogP contribution in [0.25, 0.3) is 0 Å². The van der Waals surface area contributed by atoms with E-state index in [2.05, 4.69) is 21.2 Å². The van der Waals surface area contributed by atoms with Gasteiger partial charge in [0.2, 0.25) is 5.91 Å². The number of aromatic nitrogens is 1. The number of amides is 1. The summed E-state index contributed by atoms with van der Waals surface area (Å²) in [5, 5.41) is 2.96. The average molecular weight is 377 g/mol. The number of benzene rings is 1. The van der Waals surface area contributed by atoms with Crippen LogP contribution in [0.3, 0.4) is 0 Å². The summed E-state index contributed by atoms with van der Waals surface area (Å²) in [4.78, 5) is 24.9. The second-order valence-corrected chi connectivity index (χ2v) is 6.91. The van der Waals surface area contributed by atoms with Crippen LogP contribution in [0, 0.1) is 27.7 Å². The Bertz CT molecular complexity index is 801. The second-order valence-electron chi connectivity index (χ2n) is 5.99. The molecule has 5 heteroatoms. The van der Waals surface area contributed by atoms with Gasteiger partial charge >= 0.3 is 0 Å². The Morgan fingerprint density at radius 3 is 2.22 bits per heavy atom. The average Bonchev–Trinajstić information content (AvgIpc) is 2.45. The summed E-state index contributed by atoms with van der Waals surface area (Å²) < 4.78 is 2.23. The molecule has 0 aliphatic heterocycles. The summed E-state index contributed by atoms with van der Waals surface area (Å²) in [7, 11) is 0. The number of halogens is 1. The van der Waals surface area contributed by atoms with Crippen LogP contribution in [0.4, 0.5) is 5.69 Å². The fourth-order valence-electron chi connectivity index (χ4n) is 2.72. The number of pyridine rings is 1. The largest absolute Gasteiger partial charge is 0.324 e. The highest BCUT2D eigenvalue weighted by Crippen LogP contribution is 2.23. The van der Waals surface area contributed by atoms with Gasteiger partial charge in [0.1, 0.15) is 6.04 Å². The highest BCUT2D eigenvalue weighted by Gasteiger charge is 2.19. The molecule has 1 N–H and O–H groups in total. The summed E-state index contributed by atoms with van der Waals surface area (Å²) in [6.07, 6.45) is 1.65. The van der Waals surface area contributed by atoms with Crippen LogP contribution in [0.5, 0.6) is 0 Å². The minimum Gasteiger partial charge on any atom is -0.324 e. The lowest BCUT2D eigenvalue weighted by Crippen LogP contribution is -2.32. The van der Waals surface area contributed by atoms with Crippen LogP contribution in [0.2, 0.25) is 0 Å². The molecule has 1 amide bonds. The molecule has 0 saturated carbocycles. The molecule has 1 aromatic carbocycles. The standard InChI is InChI=1S/C18H21BrN2O2/c1-10-6-11(2)16(12(3)7-10)20-17(22)14(5)21-9-15(19)8-13(4)18(21)23/h6-9,14H,1-5H3,(H,20,22). The van der Waals surface area contributed by atoms with Crippen molar-refractivity contribution in [3.63, 3.8) is 0 Å². The molecule has 0 aliphatic carbocycles. The topological polar surface area (TPSA) is 51.1 Å². The van der Waals surface area contributed by atoms with Crippen molar-refractivity contribution in [2.75, 3.05) is 5.32 Å². The van der Waals surface area contributed by atoms with Gasteiger partial charge in [-0.2, -0.15) is 0 Å². The lowest BCUT2D eigenvalue weighted by molar-refractivity contribution is -0.118. The van der Waals surface area contributed by atoms with Crippen LogP contribution in [-0.2, 0) is 4.79 Å². The Morgan fingerprint density at radius 2 is 1.65 bits per heavy atom. The number of anilines is 1. The van der Waals surface area contributed by atoms with E-state index >= 15 is 0 Å². The normalized spacial score (nSPS) is 12.1. The molecule has 0 bridgehead atoms. The maximum absolute atomic E-state index is 12.6.